The fraction of sp³-hybridized carbons (Fsp3) is 0.368. The molecule has 0 aliphatic carbocycles. The summed E-state index contributed by atoms with van der Waals surface area (Å²) in [6, 6.07) is 16.8. The van der Waals surface area contributed by atoms with Crippen LogP contribution in [0.15, 0.2) is 48.5 Å². The van der Waals surface area contributed by atoms with Crippen molar-refractivity contribution in [3.8, 4) is 5.75 Å². The normalized spacial score (nSPS) is 16.6. The molecule has 0 unspecified atom stereocenters. The molecule has 3 heteroatoms. The van der Waals surface area contributed by atoms with Crippen LogP contribution < -0.4 is 10.5 Å². The number of piperidine rings is 1. The fourth-order valence-electron chi connectivity index (χ4n) is 3.25. The molecule has 0 spiro atoms. The Morgan fingerprint density at radius 3 is 2.45 bits per heavy atom. The first kappa shape index (κ1) is 14.9. The van der Waals surface area contributed by atoms with Gasteiger partial charge in [-0.15, -0.1) is 0 Å². The zero-order valence-electron chi connectivity index (χ0n) is 13.2. The quantitative estimate of drug-likeness (QED) is 0.875. The minimum absolute atomic E-state index is 0.669. The van der Waals surface area contributed by atoms with Gasteiger partial charge in [0.25, 0.3) is 0 Å². The molecule has 0 saturated carbocycles. The van der Waals surface area contributed by atoms with Crippen molar-refractivity contribution in [2.24, 2.45) is 0 Å². The number of nitrogens with zero attached hydrogens (tertiary/aromatic N) is 1. The summed E-state index contributed by atoms with van der Waals surface area (Å²) in [7, 11) is 1.71. The van der Waals surface area contributed by atoms with E-state index < -0.39 is 0 Å². The maximum Gasteiger partial charge on any atom is 0.118 e. The zero-order chi connectivity index (χ0) is 15.4. The summed E-state index contributed by atoms with van der Waals surface area (Å²) in [5.74, 6) is 1.60. The highest BCUT2D eigenvalue weighted by atomic mass is 16.5. The van der Waals surface area contributed by atoms with Crippen molar-refractivity contribution in [1.29, 1.82) is 0 Å². The third-order valence-corrected chi connectivity index (χ3v) is 4.53. The number of hydrogen-bond acceptors (Lipinski definition) is 3. The van der Waals surface area contributed by atoms with Crippen LogP contribution >= 0.6 is 0 Å². The number of hydrogen-bond donors (Lipinski definition) is 1. The first-order chi connectivity index (χ1) is 10.7. The molecule has 3 nitrogen and oxygen atoms in total. The van der Waals surface area contributed by atoms with Gasteiger partial charge in [0.15, 0.2) is 0 Å². The maximum absolute atomic E-state index is 5.86. The molecule has 0 aromatic heterocycles. The second-order valence-corrected chi connectivity index (χ2v) is 6.07. The van der Waals surface area contributed by atoms with Crippen LogP contribution in [0.1, 0.15) is 29.9 Å². The Bertz CT molecular complexity index is 601. The van der Waals surface area contributed by atoms with Gasteiger partial charge >= 0.3 is 0 Å². The Labute approximate surface area is 132 Å². The highest BCUT2D eigenvalue weighted by Gasteiger charge is 2.20. The Hall–Kier alpha value is -2.00. The highest BCUT2D eigenvalue weighted by Crippen LogP contribution is 2.29. The molecule has 0 radical (unpaired) electrons. The predicted octanol–water partition coefficient (Wildman–Crippen LogP) is 3.66. The SMILES string of the molecule is COc1ccc(C2CCN(Cc3cccc(N)c3)CC2)cc1. The number of benzene rings is 2. The van der Waals surface area contributed by atoms with Crippen molar-refractivity contribution in [3.05, 3.63) is 59.7 Å². The molecule has 0 atom stereocenters. The smallest absolute Gasteiger partial charge is 0.118 e. The summed E-state index contributed by atoms with van der Waals surface area (Å²) in [4.78, 5) is 2.52. The van der Waals surface area contributed by atoms with Crippen molar-refractivity contribution in [1.82, 2.24) is 4.90 Å². The van der Waals surface area contributed by atoms with Crippen LogP contribution in [0.2, 0.25) is 0 Å². The second kappa shape index (κ2) is 6.84. The van der Waals surface area contributed by atoms with Gasteiger partial charge in [0.05, 0.1) is 7.11 Å². The van der Waals surface area contributed by atoms with Gasteiger partial charge in [-0.3, -0.25) is 4.90 Å². The zero-order valence-corrected chi connectivity index (χ0v) is 13.2. The topological polar surface area (TPSA) is 38.5 Å². The number of likely N-dealkylation sites (tertiary alicyclic amines) is 1. The van der Waals surface area contributed by atoms with E-state index in [1.165, 1.54) is 24.0 Å². The molecule has 1 aliphatic heterocycles. The molecule has 1 fully saturated rings. The molecular formula is C19H24N2O. The van der Waals surface area contributed by atoms with Crippen molar-refractivity contribution in [2.45, 2.75) is 25.3 Å². The molecule has 2 aromatic rings. The lowest BCUT2D eigenvalue weighted by Crippen LogP contribution is -2.32. The Morgan fingerprint density at radius 1 is 1.09 bits per heavy atom. The number of rotatable bonds is 4. The van der Waals surface area contributed by atoms with E-state index in [2.05, 4.69) is 41.3 Å². The van der Waals surface area contributed by atoms with E-state index in [4.69, 9.17) is 10.5 Å². The molecule has 1 saturated heterocycles. The average molecular weight is 296 g/mol. The van der Waals surface area contributed by atoms with E-state index in [0.717, 1.165) is 31.1 Å². The van der Waals surface area contributed by atoms with Gasteiger partial charge in [-0.2, -0.15) is 0 Å². The molecule has 2 N–H and O–H groups in total. The third kappa shape index (κ3) is 3.60. The Morgan fingerprint density at radius 2 is 1.82 bits per heavy atom. The lowest BCUT2D eigenvalue weighted by atomic mass is 9.89. The van der Waals surface area contributed by atoms with E-state index in [-0.39, 0.29) is 0 Å². The first-order valence-corrected chi connectivity index (χ1v) is 7.95. The van der Waals surface area contributed by atoms with Gasteiger partial charge < -0.3 is 10.5 Å². The van der Waals surface area contributed by atoms with E-state index in [1.807, 2.05) is 12.1 Å². The van der Waals surface area contributed by atoms with Crippen molar-refractivity contribution >= 4 is 5.69 Å². The molecule has 22 heavy (non-hydrogen) atoms. The van der Waals surface area contributed by atoms with Crippen LogP contribution in [0.5, 0.6) is 5.75 Å². The number of methoxy groups -OCH3 is 1. The molecular weight excluding hydrogens is 272 g/mol. The summed E-state index contributed by atoms with van der Waals surface area (Å²) in [6.45, 7) is 3.29. The molecule has 1 aliphatic rings. The van der Waals surface area contributed by atoms with Crippen molar-refractivity contribution < 1.29 is 4.74 Å². The predicted molar refractivity (Wildman–Crippen MR) is 91.1 cm³/mol. The largest absolute Gasteiger partial charge is 0.497 e. The second-order valence-electron chi connectivity index (χ2n) is 6.07. The summed E-state index contributed by atoms with van der Waals surface area (Å²) in [6.07, 6.45) is 2.43. The third-order valence-electron chi connectivity index (χ3n) is 4.53. The molecule has 2 aromatic carbocycles. The Balaban J connectivity index is 1.55. The van der Waals surface area contributed by atoms with Crippen molar-refractivity contribution in [2.75, 3.05) is 25.9 Å². The molecule has 116 valence electrons. The van der Waals surface area contributed by atoms with E-state index >= 15 is 0 Å². The number of anilines is 1. The van der Waals surface area contributed by atoms with Gasteiger partial charge in [0.2, 0.25) is 0 Å². The van der Waals surface area contributed by atoms with Crippen LogP contribution in [0, 0.1) is 0 Å². The van der Waals surface area contributed by atoms with Crippen LogP contribution in [0.25, 0.3) is 0 Å². The highest BCUT2D eigenvalue weighted by molar-refractivity contribution is 5.40. The maximum atomic E-state index is 5.86. The van der Waals surface area contributed by atoms with Crippen LogP contribution in [-0.4, -0.2) is 25.1 Å². The first-order valence-electron chi connectivity index (χ1n) is 7.95. The van der Waals surface area contributed by atoms with E-state index in [1.54, 1.807) is 7.11 Å². The van der Waals surface area contributed by atoms with Crippen LogP contribution in [0.4, 0.5) is 5.69 Å². The standard InChI is InChI=1S/C19H24N2O/c1-22-19-7-5-16(6-8-19)17-9-11-21(12-10-17)14-15-3-2-4-18(20)13-15/h2-8,13,17H,9-12,14,20H2,1H3. The number of ether oxygens (including phenoxy) is 1. The number of nitrogen functional groups attached to an aromatic ring is 1. The molecule has 0 amide bonds. The van der Waals surface area contributed by atoms with Gasteiger partial charge in [0.1, 0.15) is 5.75 Å². The molecule has 1 heterocycles. The van der Waals surface area contributed by atoms with Gasteiger partial charge in [-0.05, 0) is 67.2 Å². The number of nitrogens with two attached hydrogens (primary N) is 1. The molecule has 0 bridgehead atoms. The van der Waals surface area contributed by atoms with Crippen LogP contribution in [-0.2, 0) is 6.54 Å². The van der Waals surface area contributed by atoms with Gasteiger partial charge in [0, 0.05) is 12.2 Å². The fourth-order valence-corrected chi connectivity index (χ4v) is 3.25. The van der Waals surface area contributed by atoms with Crippen LogP contribution in [0.3, 0.4) is 0 Å². The average Bonchev–Trinajstić information content (AvgIpc) is 2.56. The van der Waals surface area contributed by atoms with E-state index in [0.29, 0.717) is 5.92 Å². The monoisotopic (exact) mass is 296 g/mol. The summed E-state index contributed by atoms with van der Waals surface area (Å²) < 4.78 is 5.23. The van der Waals surface area contributed by atoms with Gasteiger partial charge in [-0.25, -0.2) is 0 Å². The Kier molecular flexibility index (Phi) is 4.64. The summed E-state index contributed by atoms with van der Waals surface area (Å²) >= 11 is 0. The lowest BCUT2D eigenvalue weighted by molar-refractivity contribution is 0.204. The summed E-state index contributed by atoms with van der Waals surface area (Å²) in [5.41, 5.74) is 9.45. The van der Waals surface area contributed by atoms with E-state index in [9.17, 15) is 0 Å². The minimum atomic E-state index is 0.669. The molecule has 3 rings (SSSR count). The minimum Gasteiger partial charge on any atom is -0.497 e. The van der Waals surface area contributed by atoms with Gasteiger partial charge in [-0.1, -0.05) is 24.3 Å². The lowest BCUT2D eigenvalue weighted by Gasteiger charge is -2.32. The van der Waals surface area contributed by atoms with Crippen molar-refractivity contribution in [3.63, 3.8) is 0 Å². The summed E-state index contributed by atoms with van der Waals surface area (Å²) in [5, 5.41) is 0.